The van der Waals surface area contributed by atoms with Gasteiger partial charge in [-0.25, -0.2) is 0 Å². The third kappa shape index (κ3) is 4.92. The van der Waals surface area contributed by atoms with Crippen molar-refractivity contribution in [1.29, 1.82) is 0 Å². The van der Waals surface area contributed by atoms with Crippen LogP contribution in [0.2, 0.25) is 5.02 Å². The van der Waals surface area contributed by atoms with Crippen molar-refractivity contribution in [3.05, 3.63) is 69.6 Å². The van der Waals surface area contributed by atoms with Crippen LogP contribution in [0.1, 0.15) is 31.9 Å². The van der Waals surface area contributed by atoms with E-state index in [2.05, 4.69) is 0 Å². The van der Waals surface area contributed by atoms with E-state index in [9.17, 15) is 4.79 Å². The topological polar surface area (TPSA) is 29.5 Å². The van der Waals surface area contributed by atoms with Crippen LogP contribution in [0.5, 0.6) is 5.75 Å². The van der Waals surface area contributed by atoms with E-state index >= 15 is 0 Å². The van der Waals surface area contributed by atoms with E-state index < -0.39 is 0 Å². The number of benzene rings is 2. The Hall–Kier alpha value is -1.82. The van der Waals surface area contributed by atoms with Crippen molar-refractivity contribution in [2.24, 2.45) is 0 Å². The highest BCUT2D eigenvalue weighted by Crippen LogP contribution is 2.36. The molecule has 3 nitrogen and oxygen atoms in total. The van der Waals surface area contributed by atoms with E-state index in [-0.39, 0.29) is 11.4 Å². The first-order valence-electron chi connectivity index (χ1n) is 8.49. The summed E-state index contributed by atoms with van der Waals surface area (Å²) < 4.78 is 6.39. The number of rotatable bonds is 4. The second-order valence-electron chi connectivity index (χ2n) is 7.17. The van der Waals surface area contributed by atoms with Crippen LogP contribution < -0.4 is 4.74 Å². The molecule has 27 heavy (non-hydrogen) atoms. The molecule has 0 atom stereocenters. The monoisotopic (exact) mass is 417 g/mol. The minimum Gasteiger partial charge on any atom is -0.489 e. The van der Waals surface area contributed by atoms with Crippen molar-refractivity contribution in [2.75, 3.05) is 0 Å². The molecular formula is C21H20ClNO2S2. The van der Waals surface area contributed by atoms with Gasteiger partial charge in [0.25, 0.3) is 5.91 Å². The summed E-state index contributed by atoms with van der Waals surface area (Å²) in [6, 6.07) is 15.2. The molecule has 2 aromatic rings. The summed E-state index contributed by atoms with van der Waals surface area (Å²) in [5.41, 5.74) is 1.66. The fourth-order valence-electron chi connectivity index (χ4n) is 2.61. The van der Waals surface area contributed by atoms with Crippen LogP contribution in [0, 0.1) is 0 Å². The van der Waals surface area contributed by atoms with Gasteiger partial charge in [0, 0.05) is 10.6 Å². The maximum atomic E-state index is 12.6. The van der Waals surface area contributed by atoms with Crippen molar-refractivity contribution >= 4 is 51.9 Å². The van der Waals surface area contributed by atoms with Gasteiger partial charge in [-0.15, -0.1) is 0 Å². The molecular weight excluding hydrogens is 398 g/mol. The molecule has 0 aliphatic carbocycles. The zero-order valence-corrected chi connectivity index (χ0v) is 17.8. The van der Waals surface area contributed by atoms with Crippen LogP contribution >= 0.6 is 35.6 Å². The minimum absolute atomic E-state index is 0.0411. The van der Waals surface area contributed by atoms with Crippen molar-refractivity contribution in [3.8, 4) is 5.75 Å². The first-order valence-corrected chi connectivity index (χ1v) is 10.1. The summed E-state index contributed by atoms with van der Waals surface area (Å²) in [6.07, 6.45) is 1.87. The highest BCUT2D eigenvalue weighted by Gasteiger charge is 2.38. The molecule has 0 bridgehead atoms. The third-order valence-corrected chi connectivity index (χ3v) is 5.52. The minimum atomic E-state index is -0.323. The largest absolute Gasteiger partial charge is 0.489 e. The molecule has 140 valence electrons. The molecule has 0 unspecified atom stereocenters. The van der Waals surface area contributed by atoms with Crippen LogP contribution in [0.3, 0.4) is 0 Å². The molecule has 6 heteroatoms. The summed E-state index contributed by atoms with van der Waals surface area (Å²) in [4.78, 5) is 14.9. The Kier molecular flexibility index (Phi) is 5.94. The summed E-state index contributed by atoms with van der Waals surface area (Å²) >= 11 is 12.6. The van der Waals surface area contributed by atoms with Crippen molar-refractivity contribution in [2.45, 2.75) is 32.9 Å². The number of thioether (sulfide) groups is 1. The van der Waals surface area contributed by atoms with Gasteiger partial charge in [-0.05, 0) is 62.2 Å². The average Bonchev–Trinajstić information content (AvgIpc) is 2.89. The molecule has 0 saturated carbocycles. The number of hydrogen-bond donors (Lipinski definition) is 0. The number of carbonyl (C=O) groups excluding carboxylic acids is 1. The van der Waals surface area contributed by atoms with E-state index in [1.807, 2.05) is 75.4 Å². The molecule has 1 aliphatic heterocycles. The van der Waals surface area contributed by atoms with Crippen LogP contribution in [0.15, 0.2) is 53.4 Å². The lowest BCUT2D eigenvalue weighted by molar-refractivity contribution is -0.125. The fraction of sp³-hybridized carbons (Fsp3) is 0.238. The van der Waals surface area contributed by atoms with Crippen LogP contribution in [0.25, 0.3) is 6.08 Å². The number of ether oxygens (including phenoxy) is 1. The van der Waals surface area contributed by atoms with Crippen LogP contribution in [0.4, 0.5) is 0 Å². The smallest absolute Gasteiger partial charge is 0.266 e. The van der Waals surface area contributed by atoms with E-state index in [1.165, 1.54) is 11.8 Å². The fourth-order valence-corrected chi connectivity index (χ4v) is 4.37. The van der Waals surface area contributed by atoms with Gasteiger partial charge >= 0.3 is 0 Å². The Morgan fingerprint density at radius 1 is 1.11 bits per heavy atom. The Labute approximate surface area is 174 Å². The summed E-state index contributed by atoms with van der Waals surface area (Å²) in [5.74, 6) is 0.727. The molecule has 3 rings (SSSR count). The second kappa shape index (κ2) is 8.05. The van der Waals surface area contributed by atoms with Gasteiger partial charge in [-0.3, -0.25) is 9.69 Å². The Balaban J connectivity index is 1.67. The first kappa shape index (κ1) is 19.9. The lowest BCUT2D eigenvalue weighted by Gasteiger charge is -2.30. The van der Waals surface area contributed by atoms with Crippen LogP contribution in [-0.4, -0.2) is 20.7 Å². The third-order valence-electron chi connectivity index (χ3n) is 3.96. The maximum absolute atomic E-state index is 12.6. The van der Waals surface area contributed by atoms with Gasteiger partial charge in [0.2, 0.25) is 0 Å². The summed E-state index contributed by atoms with van der Waals surface area (Å²) in [5, 5.41) is 0.708. The zero-order chi connectivity index (χ0) is 19.6. The van der Waals surface area contributed by atoms with Crippen LogP contribution in [-0.2, 0) is 11.4 Å². The Morgan fingerprint density at radius 2 is 1.74 bits per heavy atom. The molecule has 0 N–H and O–H groups in total. The number of thiocarbonyl (C=S) groups is 1. The van der Waals surface area contributed by atoms with Gasteiger partial charge in [-0.1, -0.05) is 59.8 Å². The number of halogens is 1. The standard InChI is InChI=1S/C21H20ClNO2S2/c1-21(2,3)23-19(24)18(27-20(23)26)12-14-6-10-17(11-7-14)25-13-15-4-8-16(22)9-5-15/h4-12H,13H2,1-3H3/b18-12-. The maximum Gasteiger partial charge on any atom is 0.266 e. The van der Waals surface area contributed by atoms with Gasteiger partial charge in [-0.2, -0.15) is 0 Å². The Bertz CT molecular complexity index is 884. The number of hydrogen-bond acceptors (Lipinski definition) is 4. The number of amides is 1. The predicted molar refractivity (Wildman–Crippen MR) is 117 cm³/mol. The summed E-state index contributed by atoms with van der Waals surface area (Å²) in [6.45, 7) is 6.41. The van der Waals surface area contributed by atoms with Crippen molar-refractivity contribution in [3.63, 3.8) is 0 Å². The van der Waals surface area contributed by atoms with E-state index in [1.54, 1.807) is 4.90 Å². The van der Waals surface area contributed by atoms with Crippen molar-refractivity contribution < 1.29 is 9.53 Å². The molecule has 0 radical (unpaired) electrons. The Morgan fingerprint density at radius 3 is 2.30 bits per heavy atom. The van der Waals surface area contributed by atoms with E-state index in [0.717, 1.165) is 16.9 Å². The molecule has 0 spiro atoms. The molecule has 1 amide bonds. The van der Waals surface area contributed by atoms with E-state index in [0.29, 0.717) is 20.9 Å². The number of carbonyl (C=O) groups is 1. The highest BCUT2D eigenvalue weighted by molar-refractivity contribution is 8.26. The normalized spacial score (nSPS) is 16.3. The molecule has 2 aromatic carbocycles. The second-order valence-corrected chi connectivity index (χ2v) is 9.28. The van der Waals surface area contributed by atoms with E-state index in [4.69, 9.17) is 28.6 Å². The lowest BCUT2D eigenvalue weighted by atomic mass is 10.1. The van der Waals surface area contributed by atoms with Gasteiger partial charge in [0.05, 0.1) is 4.91 Å². The zero-order valence-electron chi connectivity index (χ0n) is 15.4. The molecule has 1 saturated heterocycles. The van der Waals surface area contributed by atoms with Gasteiger partial charge < -0.3 is 4.74 Å². The molecule has 1 aliphatic rings. The molecule has 1 fully saturated rings. The summed E-state index contributed by atoms with van der Waals surface area (Å²) in [7, 11) is 0. The van der Waals surface area contributed by atoms with Gasteiger partial charge in [0.15, 0.2) is 0 Å². The molecule has 1 heterocycles. The van der Waals surface area contributed by atoms with Gasteiger partial charge in [0.1, 0.15) is 16.7 Å². The SMILES string of the molecule is CC(C)(C)N1C(=O)/C(=C/c2ccc(OCc3ccc(Cl)cc3)cc2)SC1=S. The quantitative estimate of drug-likeness (QED) is 0.456. The predicted octanol–water partition coefficient (Wildman–Crippen LogP) is 5.92. The highest BCUT2D eigenvalue weighted by atomic mass is 35.5. The first-order chi connectivity index (χ1) is 12.7. The average molecular weight is 418 g/mol. The lowest BCUT2D eigenvalue weighted by Crippen LogP contribution is -2.44. The number of nitrogens with zero attached hydrogens (tertiary/aromatic N) is 1. The van der Waals surface area contributed by atoms with Crippen molar-refractivity contribution in [1.82, 2.24) is 4.90 Å². The molecule has 0 aromatic heterocycles.